The lowest BCUT2D eigenvalue weighted by Gasteiger charge is -2.08. The van der Waals surface area contributed by atoms with Crippen LogP contribution in [0.2, 0.25) is 0 Å². The largest absolute Gasteiger partial charge is 0.573 e. The smallest absolute Gasteiger partial charge is 0.406 e. The van der Waals surface area contributed by atoms with Gasteiger partial charge in [-0.3, -0.25) is 4.99 Å². The van der Waals surface area contributed by atoms with Gasteiger partial charge in [-0.1, -0.05) is 30.3 Å². The molecule has 0 aromatic heterocycles. The average molecular weight is 279 g/mol. The zero-order valence-electron chi connectivity index (χ0n) is 10.5. The molecule has 0 aliphatic rings. The van der Waals surface area contributed by atoms with Crippen LogP contribution in [0, 0.1) is 0 Å². The first kappa shape index (κ1) is 14.1. The first-order valence-corrected chi connectivity index (χ1v) is 5.95. The molecule has 0 saturated carbocycles. The van der Waals surface area contributed by atoms with Crippen molar-refractivity contribution >= 4 is 11.9 Å². The van der Waals surface area contributed by atoms with Gasteiger partial charge in [-0.05, 0) is 29.8 Å². The highest BCUT2D eigenvalue weighted by Gasteiger charge is 2.30. The Bertz CT molecular complexity index is 562. The Kier molecular flexibility index (Phi) is 4.40. The van der Waals surface area contributed by atoms with E-state index in [2.05, 4.69) is 9.73 Å². The van der Waals surface area contributed by atoms with E-state index in [1.54, 1.807) is 6.21 Å². The van der Waals surface area contributed by atoms with Gasteiger partial charge in [0.25, 0.3) is 0 Å². The van der Waals surface area contributed by atoms with E-state index in [4.69, 9.17) is 0 Å². The van der Waals surface area contributed by atoms with Crippen LogP contribution in [0.5, 0.6) is 5.75 Å². The predicted molar refractivity (Wildman–Crippen MR) is 71.4 cm³/mol. The Morgan fingerprint density at radius 2 is 1.60 bits per heavy atom. The summed E-state index contributed by atoms with van der Waals surface area (Å²) in [7, 11) is 0. The van der Waals surface area contributed by atoms with Gasteiger partial charge in [-0.2, -0.15) is 0 Å². The van der Waals surface area contributed by atoms with Gasteiger partial charge in [0.2, 0.25) is 0 Å². The van der Waals surface area contributed by atoms with Crippen molar-refractivity contribution in [2.75, 3.05) is 0 Å². The Hall–Kier alpha value is -2.30. The van der Waals surface area contributed by atoms with Crippen molar-refractivity contribution in [3.63, 3.8) is 0 Å². The van der Waals surface area contributed by atoms with Crippen LogP contribution >= 0.6 is 0 Å². The van der Waals surface area contributed by atoms with Gasteiger partial charge in [-0.25, -0.2) is 0 Å². The minimum absolute atomic E-state index is 0.250. The van der Waals surface area contributed by atoms with Gasteiger partial charge < -0.3 is 4.74 Å². The lowest BCUT2D eigenvalue weighted by atomic mass is 10.2. The summed E-state index contributed by atoms with van der Waals surface area (Å²) in [6.07, 6.45) is -2.28. The summed E-state index contributed by atoms with van der Waals surface area (Å²) in [5, 5.41) is 0. The van der Waals surface area contributed by atoms with E-state index in [0.717, 1.165) is 5.56 Å². The average Bonchev–Trinajstić information content (AvgIpc) is 2.40. The van der Waals surface area contributed by atoms with Crippen molar-refractivity contribution in [3.8, 4) is 5.75 Å². The monoisotopic (exact) mass is 279 g/mol. The Morgan fingerprint density at radius 1 is 0.950 bits per heavy atom. The molecule has 0 heterocycles. The van der Waals surface area contributed by atoms with E-state index in [9.17, 15) is 13.2 Å². The molecular formula is C15H12F3NO. The van der Waals surface area contributed by atoms with E-state index in [0.29, 0.717) is 12.1 Å². The maximum Gasteiger partial charge on any atom is 0.573 e. The molecule has 0 spiro atoms. The van der Waals surface area contributed by atoms with Gasteiger partial charge in [0, 0.05) is 12.6 Å². The molecule has 0 N–H and O–H groups in total. The lowest BCUT2D eigenvalue weighted by molar-refractivity contribution is -0.274. The van der Waals surface area contributed by atoms with Crippen molar-refractivity contribution in [2.24, 2.45) is 4.99 Å². The minimum Gasteiger partial charge on any atom is -0.406 e. The summed E-state index contributed by atoms with van der Waals surface area (Å²) >= 11 is 0. The van der Waals surface area contributed by atoms with E-state index in [-0.39, 0.29) is 5.75 Å². The molecule has 5 heteroatoms. The van der Waals surface area contributed by atoms with Gasteiger partial charge in [0.05, 0.1) is 5.69 Å². The second-order valence-corrected chi connectivity index (χ2v) is 4.04. The standard InChI is InChI=1S/C15H12F3NO/c16-15(17,18)20-14-8-6-13(7-9-14)19-11-10-12-4-2-1-3-5-12/h1-9,11H,10H2. The highest BCUT2D eigenvalue weighted by molar-refractivity contribution is 5.66. The lowest BCUT2D eigenvalue weighted by Crippen LogP contribution is -2.16. The number of halogens is 3. The van der Waals surface area contributed by atoms with Crippen molar-refractivity contribution in [1.29, 1.82) is 0 Å². The number of ether oxygens (including phenoxy) is 1. The van der Waals surface area contributed by atoms with Gasteiger partial charge >= 0.3 is 6.36 Å². The molecule has 0 aliphatic carbocycles. The van der Waals surface area contributed by atoms with Crippen molar-refractivity contribution < 1.29 is 17.9 Å². The second kappa shape index (κ2) is 6.23. The molecule has 0 fully saturated rings. The number of alkyl halides is 3. The fourth-order valence-electron chi connectivity index (χ4n) is 1.60. The van der Waals surface area contributed by atoms with Crippen LogP contribution in [0.25, 0.3) is 0 Å². The number of hydrogen-bond donors (Lipinski definition) is 0. The molecule has 104 valence electrons. The van der Waals surface area contributed by atoms with Crippen LogP contribution in [0.4, 0.5) is 18.9 Å². The third kappa shape index (κ3) is 4.76. The Morgan fingerprint density at radius 3 is 2.20 bits per heavy atom. The molecule has 0 saturated heterocycles. The van der Waals surface area contributed by atoms with E-state index < -0.39 is 6.36 Å². The molecule has 20 heavy (non-hydrogen) atoms. The van der Waals surface area contributed by atoms with Crippen LogP contribution in [0.1, 0.15) is 5.56 Å². The molecule has 0 atom stereocenters. The summed E-state index contributed by atoms with van der Waals surface area (Å²) in [4.78, 5) is 4.18. The van der Waals surface area contributed by atoms with E-state index in [1.807, 2.05) is 30.3 Å². The third-order valence-electron chi connectivity index (χ3n) is 2.48. The van der Waals surface area contributed by atoms with Crippen LogP contribution in [0.15, 0.2) is 59.6 Å². The maximum absolute atomic E-state index is 12.0. The first-order valence-electron chi connectivity index (χ1n) is 5.95. The van der Waals surface area contributed by atoms with Gasteiger partial charge in [0.1, 0.15) is 5.75 Å². The van der Waals surface area contributed by atoms with Crippen LogP contribution < -0.4 is 4.74 Å². The number of nitrogens with zero attached hydrogens (tertiary/aromatic N) is 1. The highest BCUT2D eigenvalue weighted by atomic mass is 19.4. The number of rotatable bonds is 4. The first-order chi connectivity index (χ1) is 9.53. The molecule has 0 unspecified atom stereocenters. The normalized spacial score (nSPS) is 11.8. The number of hydrogen-bond acceptors (Lipinski definition) is 2. The molecule has 2 aromatic carbocycles. The summed E-state index contributed by atoms with van der Waals surface area (Å²) < 4.78 is 39.7. The fourth-order valence-corrected chi connectivity index (χ4v) is 1.60. The molecular weight excluding hydrogens is 267 g/mol. The molecule has 0 bridgehead atoms. The zero-order chi connectivity index (χ0) is 14.4. The van der Waals surface area contributed by atoms with Crippen LogP contribution in [-0.2, 0) is 6.42 Å². The number of benzene rings is 2. The second-order valence-electron chi connectivity index (χ2n) is 4.04. The molecule has 2 aromatic rings. The van der Waals surface area contributed by atoms with E-state index >= 15 is 0 Å². The molecule has 0 radical (unpaired) electrons. The Balaban J connectivity index is 1.94. The molecule has 0 aliphatic heterocycles. The summed E-state index contributed by atoms with van der Waals surface area (Å²) in [5.74, 6) is -0.250. The van der Waals surface area contributed by atoms with Gasteiger partial charge in [0.15, 0.2) is 0 Å². The van der Waals surface area contributed by atoms with Crippen LogP contribution in [0.3, 0.4) is 0 Å². The highest BCUT2D eigenvalue weighted by Crippen LogP contribution is 2.24. The summed E-state index contributed by atoms with van der Waals surface area (Å²) in [6.45, 7) is 0. The summed E-state index contributed by atoms with van der Waals surface area (Å²) in [5.41, 5.74) is 1.70. The molecule has 0 amide bonds. The minimum atomic E-state index is -4.67. The third-order valence-corrected chi connectivity index (χ3v) is 2.48. The Labute approximate surface area is 114 Å². The van der Waals surface area contributed by atoms with Crippen molar-refractivity contribution in [3.05, 3.63) is 60.2 Å². The van der Waals surface area contributed by atoms with Crippen LogP contribution in [-0.4, -0.2) is 12.6 Å². The topological polar surface area (TPSA) is 21.6 Å². The fraction of sp³-hybridized carbons (Fsp3) is 0.133. The molecule has 2 rings (SSSR count). The number of aliphatic imine (C=N–C) groups is 1. The SMILES string of the molecule is FC(F)(F)Oc1ccc(N=CCc2ccccc2)cc1. The zero-order valence-corrected chi connectivity index (χ0v) is 10.5. The van der Waals surface area contributed by atoms with Crippen molar-refractivity contribution in [2.45, 2.75) is 12.8 Å². The predicted octanol–water partition coefficient (Wildman–Crippen LogP) is 4.53. The summed E-state index contributed by atoms with van der Waals surface area (Å²) in [6, 6.07) is 15.2. The maximum atomic E-state index is 12.0. The molecule has 2 nitrogen and oxygen atoms in total. The van der Waals surface area contributed by atoms with E-state index in [1.165, 1.54) is 24.3 Å². The van der Waals surface area contributed by atoms with Crippen molar-refractivity contribution in [1.82, 2.24) is 0 Å². The van der Waals surface area contributed by atoms with Gasteiger partial charge in [-0.15, -0.1) is 13.2 Å². The quantitative estimate of drug-likeness (QED) is 0.753.